The first-order chi connectivity index (χ1) is 9.47. The fourth-order valence-corrected chi connectivity index (χ4v) is 3.67. The van der Waals surface area contributed by atoms with E-state index in [1.165, 1.54) is 10.4 Å². The summed E-state index contributed by atoms with van der Waals surface area (Å²) in [7, 11) is 1.18. The van der Waals surface area contributed by atoms with Crippen molar-refractivity contribution >= 4 is 33.7 Å². The summed E-state index contributed by atoms with van der Waals surface area (Å²) in [5, 5.41) is 2.77. The summed E-state index contributed by atoms with van der Waals surface area (Å²) >= 11 is 7.63. The average Bonchev–Trinajstić information content (AvgIpc) is 2.83. The summed E-state index contributed by atoms with van der Waals surface area (Å²) < 4.78 is 11.4. The lowest BCUT2D eigenvalue weighted by Crippen LogP contribution is -2.21. The van der Waals surface area contributed by atoms with E-state index in [9.17, 15) is 4.21 Å². The van der Waals surface area contributed by atoms with Crippen molar-refractivity contribution in [3.63, 3.8) is 0 Å². The Balaban J connectivity index is 2.05. The predicted octanol–water partition coefficient (Wildman–Crippen LogP) is 4.33. The topological polar surface area (TPSA) is 20.3 Å². The molecule has 2 aromatic rings. The maximum atomic E-state index is 11.4. The molecule has 0 saturated heterocycles. The minimum absolute atomic E-state index is 0.301. The van der Waals surface area contributed by atoms with E-state index < -0.39 is 10.8 Å². The molecule has 0 N–H and O–H groups in total. The molecule has 0 unspecified atom stereocenters. The van der Waals surface area contributed by atoms with Crippen molar-refractivity contribution in [1.82, 2.24) is 4.90 Å². The van der Waals surface area contributed by atoms with Crippen LogP contribution in [0, 0.1) is 0 Å². The summed E-state index contributed by atoms with van der Waals surface area (Å²) in [5.41, 5.74) is 1.23. The van der Waals surface area contributed by atoms with Crippen molar-refractivity contribution in [2.24, 2.45) is 0 Å². The quantitative estimate of drug-likeness (QED) is 0.814. The largest absolute Gasteiger partial charge is 0.295 e. The highest BCUT2D eigenvalue weighted by atomic mass is 35.5. The second kappa shape index (κ2) is 6.85. The Morgan fingerprint density at radius 2 is 2.00 bits per heavy atom. The summed E-state index contributed by atoms with van der Waals surface area (Å²) in [5.74, 6) is 0. The third-order valence-corrected chi connectivity index (χ3v) is 5.59. The predicted molar refractivity (Wildman–Crippen MR) is 88.0 cm³/mol. The van der Waals surface area contributed by atoms with Gasteiger partial charge in [-0.15, -0.1) is 11.3 Å². The number of nitrogens with zero attached hydrogens (tertiary/aromatic N) is 1. The molecular weight excluding hydrogens is 310 g/mol. The van der Waals surface area contributed by atoms with Crippen LogP contribution in [0.3, 0.4) is 0 Å². The molecule has 0 saturated carbocycles. The molecule has 2 nitrogen and oxygen atoms in total. The second-order valence-corrected chi connectivity index (χ2v) is 7.66. The Labute approximate surface area is 131 Å². The van der Waals surface area contributed by atoms with Gasteiger partial charge in [0.15, 0.2) is 0 Å². The highest BCUT2D eigenvalue weighted by Crippen LogP contribution is 2.25. The van der Waals surface area contributed by atoms with Crippen LogP contribution >= 0.6 is 22.9 Å². The molecule has 0 aliphatic heterocycles. The maximum Gasteiger partial charge on any atom is 0.0516 e. The van der Waals surface area contributed by atoms with Gasteiger partial charge in [-0.3, -0.25) is 9.11 Å². The standard InChI is InChI=1S/C15H18ClNOS2/c1-11(12-4-6-15(7-5-12)20(3)18)17(2)9-14-8-13(16)10-19-14/h4-8,10-11H,9H2,1-3H3/t11-,20-/m0/s1. The fourth-order valence-electron chi connectivity index (χ4n) is 2.01. The fraction of sp³-hybridized carbons (Fsp3) is 0.333. The summed E-state index contributed by atoms with van der Waals surface area (Å²) in [6, 6.07) is 10.3. The van der Waals surface area contributed by atoms with Gasteiger partial charge in [0.05, 0.1) is 5.02 Å². The number of hydrogen-bond acceptors (Lipinski definition) is 3. The first-order valence-electron chi connectivity index (χ1n) is 6.34. The maximum absolute atomic E-state index is 11.4. The zero-order chi connectivity index (χ0) is 14.7. The number of rotatable bonds is 5. The van der Waals surface area contributed by atoms with Crippen molar-refractivity contribution in [2.75, 3.05) is 13.3 Å². The van der Waals surface area contributed by atoms with Gasteiger partial charge in [0, 0.05) is 44.8 Å². The van der Waals surface area contributed by atoms with E-state index in [1.54, 1.807) is 17.6 Å². The Hall–Kier alpha value is -0.680. The van der Waals surface area contributed by atoms with E-state index in [-0.39, 0.29) is 0 Å². The molecule has 0 bridgehead atoms. The average molecular weight is 328 g/mol. The Morgan fingerprint density at radius 1 is 1.35 bits per heavy atom. The Morgan fingerprint density at radius 3 is 2.50 bits per heavy atom. The minimum atomic E-state index is -0.916. The minimum Gasteiger partial charge on any atom is -0.295 e. The summed E-state index contributed by atoms with van der Waals surface area (Å²) in [4.78, 5) is 4.41. The van der Waals surface area contributed by atoms with E-state index in [1.807, 2.05) is 23.6 Å². The lowest BCUT2D eigenvalue weighted by Gasteiger charge is -2.24. The molecule has 2 rings (SSSR count). The first kappa shape index (κ1) is 15.7. The molecule has 0 radical (unpaired) electrons. The zero-order valence-electron chi connectivity index (χ0n) is 11.8. The molecule has 20 heavy (non-hydrogen) atoms. The van der Waals surface area contributed by atoms with E-state index in [0.29, 0.717) is 6.04 Å². The molecule has 1 aromatic heterocycles. The normalized spacial score (nSPS) is 14.4. The van der Waals surface area contributed by atoms with Crippen LogP contribution in [0.15, 0.2) is 40.6 Å². The smallest absolute Gasteiger partial charge is 0.0516 e. The highest BCUT2D eigenvalue weighted by Gasteiger charge is 2.13. The van der Waals surface area contributed by atoms with Gasteiger partial charge in [0.2, 0.25) is 0 Å². The first-order valence-corrected chi connectivity index (χ1v) is 9.15. The van der Waals surface area contributed by atoms with Gasteiger partial charge in [0.25, 0.3) is 0 Å². The number of halogens is 1. The van der Waals surface area contributed by atoms with Gasteiger partial charge in [0.1, 0.15) is 0 Å². The van der Waals surface area contributed by atoms with Gasteiger partial charge in [-0.1, -0.05) is 23.7 Å². The third-order valence-electron chi connectivity index (χ3n) is 3.38. The van der Waals surface area contributed by atoms with Crippen LogP contribution in [0.5, 0.6) is 0 Å². The lowest BCUT2D eigenvalue weighted by molar-refractivity contribution is 0.255. The molecule has 0 spiro atoms. The molecule has 0 aliphatic rings. The van der Waals surface area contributed by atoms with E-state index >= 15 is 0 Å². The monoisotopic (exact) mass is 327 g/mol. The molecule has 1 heterocycles. The van der Waals surface area contributed by atoms with E-state index in [0.717, 1.165) is 16.5 Å². The van der Waals surface area contributed by atoms with Crippen molar-refractivity contribution in [2.45, 2.75) is 24.4 Å². The number of benzene rings is 1. The van der Waals surface area contributed by atoms with Crippen molar-refractivity contribution < 1.29 is 4.21 Å². The summed E-state index contributed by atoms with van der Waals surface area (Å²) in [6.07, 6.45) is 1.70. The number of hydrogen-bond donors (Lipinski definition) is 0. The number of thiophene rings is 1. The molecule has 0 fully saturated rings. The van der Waals surface area contributed by atoms with E-state index in [2.05, 4.69) is 31.0 Å². The summed E-state index contributed by atoms with van der Waals surface area (Å²) in [6.45, 7) is 3.05. The van der Waals surface area contributed by atoms with Gasteiger partial charge in [-0.25, -0.2) is 0 Å². The molecular formula is C15H18ClNOS2. The molecule has 2 atom stereocenters. The van der Waals surface area contributed by atoms with Gasteiger partial charge in [-0.2, -0.15) is 0 Å². The SMILES string of the molecule is C[C@@H](c1ccc([S@](C)=O)cc1)N(C)Cc1cc(Cl)cs1. The van der Waals surface area contributed by atoms with Crippen LogP contribution < -0.4 is 0 Å². The van der Waals surface area contributed by atoms with Gasteiger partial charge >= 0.3 is 0 Å². The Kier molecular flexibility index (Phi) is 5.38. The van der Waals surface area contributed by atoms with Gasteiger partial charge in [-0.05, 0) is 37.7 Å². The lowest BCUT2D eigenvalue weighted by atomic mass is 10.1. The van der Waals surface area contributed by atoms with Crippen LogP contribution in [0.25, 0.3) is 0 Å². The molecule has 1 aromatic carbocycles. The van der Waals surface area contributed by atoms with Crippen LogP contribution in [0.1, 0.15) is 23.4 Å². The third kappa shape index (κ3) is 3.92. The molecule has 5 heteroatoms. The molecule has 0 aliphatic carbocycles. The van der Waals surface area contributed by atoms with E-state index in [4.69, 9.17) is 11.6 Å². The van der Waals surface area contributed by atoms with Crippen molar-refractivity contribution in [3.8, 4) is 0 Å². The Bertz CT molecular complexity index is 594. The van der Waals surface area contributed by atoms with Crippen LogP contribution in [-0.4, -0.2) is 22.4 Å². The zero-order valence-corrected chi connectivity index (χ0v) is 14.2. The highest BCUT2D eigenvalue weighted by molar-refractivity contribution is 7.84. The molecule has 0 amide bonds. The van der Waals surface area contributed by atoms with Gasteiger partial charge < -0.3 is 0 Å². The second-order valence-electron chi connectivity index (χ2n) is 4.85. The molecule has 108 valence electrons. The van der Waals surface area contributed by atoms with Crippen molar-refractivity contribution in [3.05, 3.63) is 51.2 Å². The van der Waals surface area contributed by atoms with Crippen LogP contribution in [0.4, 0.5) is 0 Å². The van der Waals surface area contributed by atoms with Crippen molar-refractivity contribution in [1.29, 1.82) is 0 Å². The van der Waals surface area contributed by atoms with Crippen LogP contribution in [0.2, 0.25) is 5.02 Å². The van der Waals surface area contributed by atoms with Crippen LogP contribution in [-0.2, 0) is 17.3 Å².